The molecule has 32 heavy (non-hydrogen) atoms. The molecular weight excluding hydrogens is 490 g/mol. The Morgan fingerprint density at radius 3 is 2.62 bits per heavy atom. The van der Waals surface area contributed by atoms with E-state index in [0.29, 0.717) is 15.5 Å². The molecule has 3 atom stereocenters. The summed E-state index contributed by atoms with van der Waals surface area (Å²) in [6.07, 6.45) is -4.23. The van der Waals surface area contributed by atoms with Crippen LogP contribution in [0.2, 0.25) is 0 Å². The molecule has 3 amide bonds. The molecule has 9 nitrogen and oxygen atoms in total. The van der Waals surface area contributed by atoms with Crippen LogP contribution in [0.15, 0.2) is 47.1 Å². The standard InChI is InChI=1S/C20H17BrF2N6O3/c21-13-6-3-7-14(25-13)26-20(32)18-16(23)11(22)8-28(18)15(30)9-29-12-5-2-1-4-10(12)17(27-29)19(24)31/h1-7,11,16,18H,8-9H2,(H2,24,31)(H,25,26,32)/t11-,16-,18-/m0/s1. The van der Waals surface area contributed by atoms with Crippen LogP contribution in [0.3, 0.4) is 0 Å². The number of anilines is 1. The van der Waals surface area contributed by atoms with Gasteiger partial charge in [-0.2, -0.15) is 5.10 Å². The first-order valence-corrected chi connectivity index (χ1v) is 10.3. The van der Waals surface area contributed by atoms with Crippen LogP contribution in [0, 0.1) is 0 Å². The number of rotatable bonds is 5. The highest BCUT2D eigenvalue weighted by atomic mass is 79.9. The Kier molecular flexibility index (Phi) is 5.87. The van der Waals surface area contributed by atoms with Gasteiger partial charge >= 0.3 is 0 Å². The Balaban J connectivity index is 1.59. The van der Waals surface area contributed by atoms with Crippen LogP contribution in [0.1, 0.15) is 10.5 Å². The number of amides is 3. The molecule has 0 radical (unpaired) electrons. The number of aromatic nitrogens is 3. The van der Waals surface area contributed by atoms with E-state index in [1.54, 1.807) is 36.4 Å². The molecule has 1 aliphatic rings. The molecule has 4 rings (SSSR count). The van der Waals surface area contributed by atoms with Gasteiger partial charge in [0.15, 0.2) is 18.0 Å². The summed E-state index contributed by atoms with van der Waals surface area (Å²) in [5, 5.41) is 6.93. The molecule has 0 spiro atoms. The van der Waals surface area contributed by atoms with Gasteiger partial charge in [-0.3, -0.25) is 19.1 Å². The summed E-state index contributed by atoms with van der Waals surface area (Å²) in [6.45, 7) is -1.03. The molecule has 1 fully saturated rings. The van der Waals surface area contributed by atoms with Crippen LogP contribution in [0.25, 0.3) is 10.9 Å². The predicted octanol–water partition coefficient (Wildman–Crippen LogP) is 1.82. The minimum Gasteiger partial charge on any atom is -0.364 e. The average molecular weight is 507 g/mol. The largest absolute Gasteiger partial charge is 0.364 e. The van der Waals surface area contributed by atoms with E-state index in [0.717, 1.165) is 4.90 Å². The first-order chi connectivity index (χ1) is 15.3. The van der Waals surface area contributed by atoms with E-state index in [4.69, 9.17) is 5.73 Å². The van der Waals surface area contributed by atoms with Gasteiger partial charge in [-0.05, 0) is 34.1 Å². The van der Waals surface area contributed by atoms with Crippen molar-refractivity contribution in [2.45, 2.75) is 24.9 Å². The van der Waals surface area contributed by atoms with Crippen LogP contribution < -0.4 is 11.1 Å². The quantitative estimate of drug-likeness (QED) is 0.511. The highest BCUT2D eigenvalue weighted by molar-refractivity contribution is 9.10. The number of fused-ring (bicyclic) bond motifs is 1. The molecule has 0 unspecified atom stereocenters. The molecular formula is C20H17BrF2N6O3. The molecule has 3 aromatic rings. The number of pyridine rings is 1. The summed E-state index contributed by atoms with van der Waals surface area (Å²) in [4.78, 5) is 42.2. The molecule has 1 aliphatic heterocycles. The first kappa shape index (κ1) is 21.8. The van der Waals surface area contributed by atoms with Crippen LogP contribution in [-0.4, -0.2) is 62.3 Å². The smallest absolute Gasteiger partial charge is 0.269 e. The number of hydrogen-bond acceptors (Lipinski definition) is 5. The number of carbonyl (C=O) groups excluding carboxylic acids is 3. The number of para-hydroxylation sites is 1. The first-order valence-electron chi connectivity index (χ1n) is 9.52. The van der Waals surface area contributed by atoms with Crippen molar-refractivity contribution in [2.24, 2.45) is 5.73 Å². The summed E-state index contributed by atoms with van der Waals surface area (Å²) in [6, 6.07) is 9.64. The Morgan fingerprint density at radius 1 is 1.16 bits per heavy atom. The average Bonchev–Trinajstić information content (AvgIpc) is 3.26. The van der Waals surface area contributed by atoms with Crippen molar-refractivity contribution in [3.63, 3.8) is 0 Å². The van der Waals surface area contributed by atoms with Gasteiger partial charge < -0.3 is 16.0 Å². The summed E-state index contributed by atoms with van der Waals surface area (Å²) in [7, 11) is 0. The number of nitrogens with one attached hydrogen (secondary N) is 1. The zero-order valence-corrected chi connectivity index (χ0v) is 18.0. The van der Waals surface area contributed by atoms with Gasteiger partial charge in [-0.25, -0.2) is 13.8 Å². The lowest BCUT2D eigenvalue weighted by Crippen LogP contribution is -2.48. The van der Waals surface area contributed by atoms with E-state index in [2.05, 4.69) is 31.3 Å². The topological polar surface area (TPSA) is 123 Å². The van der Waals surface area contributed by atoms with E-state index in [-0.39, 0.29) is 11.5 Å². The lowest BCUT2D eigenvalue weighted by atomic mass is 10.1. The molecule has 0 bridgehead atoms. The number of hydrogen-bond donors (Lipinski definition) is 2. The second-order valence-corrected chi connectivity index (χ2v) is 7.99. The number of benzene rings is 1. The molecule has 0 saturated carbocycles. The molecule has 1 saturated heterocycles. The highest BCUT2D eigenvalue weighted by Crippen LogP contribution is 2.27. The molecule has 3 N–H and O–H groups in total. The lowest BCUT2D eigenvalue weighted by Gasteiger charge is -2.24. The van der Waals surface area contributed by atoms with E-state index < -0.39 is 49.2 Å². The Labute approximate surface area is 188 Å². The maximum atomic E-state index is 14.6. The number of carbonyl (C=O) groups is 3. The van der Waals surface area contributed by atoms with Gasteiger partial charge in [0, 0.05) is 5.39 Å². The van der Waals surface area contributed by atoms with Crippen molar-refractivity contribution < 1.29 is 23.2 Å². The Hall–Kier alpha value is -3.41. The third-order valence-corrected chi connectivity index (χ3v) is 5.53. The van der Waals surface area contributed by atoms with Gasteiger partial charge in [0.05, 0.1) is 12.1 Å². The maximum absolute atomic E-state index is 14.6. The number of likely N-dealkylation sites (tertiary alicyclic amines) is 1. The minimum absolute atomic E-state index is 0.0309. The second kappa shape index (κ2) is 8.61. The number of halogens is 3. The number of nitrogens with zero attached hydrogens (tertiary/aromatic N) is 4. The van der Waals surface area contributed by atoms with Crippen molar-refractivity contribution in [1.29, 1.82) is 0 Å². The fraction of sp³-hybridized carbons (Fsp3) is 0.250. The minimum atomic E-state index is -2.21. The normalized spacial score (nSPS) is 20.5. The molecule has 1 aromatic carbocycles. The zero-order chi connectivity index (χ0) is 23.0. The summed E-state index contributed by atoms with van der Waals surface area (Å²) in [5.41, 5.74) is 5.77. The van der Waals surface area contributed by atoms with Gasteiger partial charge in [-0.15, -0.1) is 0 Å². The predicted molar refractivity (Wildman–Crippen MR) is 114 cm³/mol. The molecule has 2 aromatic heterocycles. The van der Waals surface area contributed by atoms with Crippen LogP contribution >= 0.6 is 15.9 Å². The van der Waals surface area contributed by atoms with Crippen molar-refractivity contribution in [3.05, 3.63) is 52.8 Å². The fourth-order valence-corrected chi connectivity index (χ4v) is 3.99. The number of alkyl halides is 2. The second-order valence-electron chi connectivity index (χ2n) is 7.17. The van der Waals surface area contributed by atoms with Crippen molar-refractivity contribution in [3.8, 4) is 0 Å². The van der Waals surface area contributed by atoms with Gasteiger partial charge in [0.2, 0.25) is 5.91 Å². The third-order valence-electron chi connectivity index (χ3n) is 5.09. The highest BCUT2D eigenvalue weighted by Gasteiger charge is 2.49. The van der Waals surface area contributed by atoms with Crippen LogP contribution in [-0.2, 0) is 16.1 Å². The number of nitrogens with two attached hydrogens (primary N) is 1. The lowest BCUT2D eigenvalue weighted by molar-refractivity contribution is -0.138. The van der Waals surface area contributed by atoms with E-state index in [1.165, 1.54) is 10.7 Å². The van der Waals surface area contributed by atoms with Gasteiger partial charge in [0.1, 0.15) is 23.0 Å². The van der Waals surface area contributed by atoms with E-state index in [1.807, 2.05) is 0 Å². The summed E-state index contributed by atoms with van der Waals surface area (Å²) < 4.78 is 30.4. The SMILES string of the molecule is NC(=O)c1nn(CC(=O)N2C[C@H](F)[C@H](F)[C@H]2C(=O)Nc2cccc(Br)n2)c2ccccc12. The molecule has 12 heteroatoms. The number of primary amides is 1. The van der Waals surface area contributed by atoms with Crippen molar-refractivity contribution >= 4 is 50.4 Å². The monoisotopic (exact) mass is 506 g/mol. The maximum Gasteiger partial charge on any atom is 0.269 e. The van der Waals surface area contributed by atoms with Crippen LogP contribution in [0.4, 0.5) is 14.6 Å². The van der Waals surface area contributed by atoms with E-state index >= 15 is 0 Å². The Morgan fingerprint density at radius 2 is 1.91 bits per heavy atom. The van der Waals surface area contributed by atoms with Gasteiger partial charge in [0.25, 0.3) is 11.8 Å². The molecule has 3 heterocycles. The van der Waals surface area contributed by atoms with Crippen molar-refractivity contribution in [1.82, 2.24) is 19.7 Å². The summed E-state index contributed by atoms with van der Waals surface area (Å²) in [5.74, 6) is -2.30. The van der Waals surface area contributed by atoms with Crippen LogP contribution in [0.5, 0.6) is 0 Å². The zero-order valence-electron chi connectivity index (χ0n) is 16.4. The fourth-order valence-electron chi connectivity index (χ4n) is 3.64. The van der Waals surface area contributed by atoms with Crippen molar-refractivity contribution in [2.75, 3.05) is 11.9 Å². The Bertz CT molecular complexity index is 1220. The van der Waals surface area contributed by atoms with E-state index in [9.17, 15) is 23.2 Å². The summed E-state index contributed by atoms with van der Waals surface area (Å²) >= 11 is 3.16. The van der Waals surface area contributed by atoms with Gasteiger partial charge in [-0.1, -0.05) is 24.3 Å². The molecule has 0 aliphatic carbocycles. The molecule has 166 valence electrons. The third kappa shape index (κ3) is 4.05.